The highest BCUT2D eigenvalue weighted by atomic mass is 19.4. The average Bonchev–Trinajstić information content (AvgIpc) is 2.67. The highest BCUT2D eigenvalue weighted by molar-refractivity contribution is 5.79. The van der Waals surface area contributed by atoms with Crippen molar-refractivity contribution in [1.29, 1.82) is 0 Å². The lowest BCUT2D eigenvalue weighted by atomic mass is 10.0. The predicted molar refractivity (Wildman–Crippen MR) is 94.7 cm³/mol. The Kier molecular flexibility index (Phi) is 5.45. The van der Waals surface area contributed by atoms with Gasteiger partial charge in [0, 0.05) is 5.56 Å². The van der Waals surface area contributed by atoms with E-state index in [0.717, 1.165) is 5.56 Å². The fourth-order valence-corrected chi connectivity index (χ4v) is 2.54. The van der Waals surface area contributed by atoms with E-state index in [1.807, 2.05) is 30.3 Å². The third kappa shape index (κ3) is 5.10. The van der Waals surface area contributed by atoms with Gasteiger partial charge in [0.15, 0.2) is 11.5 Å². The molecular weight excluding hydrogens is 357 g/mol. The van der Waals surface area contributed by atoms with Crippen LogP contribution in [0.3, 0.4) is 0 Å². The molecule has 3 rings (SSSR count). The molecular formula is C21H15F3O3. The highest BCUT2D eigenvalue weighted by Gasteiger charge is 2.32. The van der Waals surface area contributed by atoms with Crippen LogP contribution in [0.5, 0.6) is 11.5 Å². The average molecular weight is 372 g/mol. The Morgan fingerprint density at radius 1 is 0.815 bits per heavy atom. The SMILES string of the molecule is O=Cc1cccc(-c2ccc(OC(F)(F)F)c(OCc3ccccc3)c2)c1. The number of ether oxygens (including phenoxy) is 2. The van der Waals surface area contributed by atoms with Crippen LogP contribution in [0.4, 0.5) is 13.2 Å². The van der Waals surface area contributed by atoms with E-state index in [0.29, 0.717) is 23.0 Å². The molecule has 6 heteroatoms. The summed E-state index contributed by atoms with van der Waals surface area (Å²) in [6.45, 7) is 0.0902. The molecule has 0 amide bonds. The van der Waals surface area contributed by atoms with Crippen molar-refractivity contribution >= 4 is 6.29 Å². The zero-order chi connectivity index (χ0) is 19.3. The van der Waals surface area contributed by atoms with Gasteiger partial charge in [0.1, 0.15) is 12.9 Å². The standard InChI is InChI=1S/C21H15F3O3/c22-21(23,24)27-19-10-9-18(17-8-4-7-16(11-17)13-25)12-20(19)26-14-15-5-2-1-3-6-15/h1-13H,14H2. The lowest BCUT2D eigenvalue weighted by Gasteiger charge is -2.15. The lowest BCUT2D eigenvalue weighted by Crippen LogP contribution is -2.17. The molecule has 0 saturated carbocycles. The number of carbonyl (C=O) groups is 1. The molecule has 0 radical (unpaired) electrons. The largest absolute Gasteiger partial charge is 0.573 e. The maximum absolute atomic E-state index is 12.7. The van der Waals surface area contributed by atoms with Gasteiger partial charge in [-0.3, -0.25) is 4.79 Å². The summed E-state index contributed by atoms with van der Waals surface area (Å²) in [6, 6.07) is 20.0. The van der Waals surface area contributed by atoms with Crippen molar-refractivity contribution in [3.63, 3.8) is 0 Å². The topological polar surface area (TPSA) is 35.5 Å². The van der Waals surface area contributed by atoms with E-state index in [1.54, 1.807) is 24.3 Å². The maximum Gasteiger partial charge on any atom is 0.573 e. The zero-order valence-electron chi connectivity index (χ0n) is 14.1. The van der Waals surface area contributed by atoms with Gasteiger partial charge in [0.25, 0.3) is 0 Å². The zero-order valence-corrected chi connectivity index (χ0v) is 14.1. The molecule has 0 aliphatic carbocycles. The Morgan fingerprint density at radius 3 is 2.26 bits per heavy atom. The van der Waals surface area contributed by atoms with Crippen molar-refractivity contribution in [2.75, 3.05) is 0 Å². The molecule has 0 unspecified atom stereocenters. The fourth-order valence-electron chi connectivity index (χ4n) is 2.54. The van der Waals surface area contributed by atoms with E-state index in [-0.39, 0.29) is 12.4 Å². The van der Waals surface area contributed by atoms with Gasteiger partial charge in [-0.2, -0.15) is 0 Å². The van der Waals surface area contributed by atoms with E-state index in [9.17, 15) is 18.0 Å². The first-order valence-corrected chi connectivity index (χ1v) is 8.07. The van der Waals surface area contributed by atoms with Crippen LogP contribution in [0.15, 0.2) is 72.8 Å². The second-order valence-electron chi connectivity index (χ2n) is 5.73. The number of halogens is 3. The van der Waals surface area contributed by atoms with E-state index in [2.05, 4.69) is 4.74 Å². The van der Waals surface area contributed by atoms with Gasteiger partial charge in [0.2, 0.25) is 0 Å². The molecule has 0 N–H and O–H groups in total. The molecule has 0 spiro atoms. The Bertz CT molecular complexity index is 921. The van der Waals surface area contributed by atoms with Gasteiger partial charge in [-0.1, -0.05) is 54.6 Å². The van der Waals surface area contributed by atoms with Gasteiger partial charge in [-0.15, -0.1) is 13.2 Å². The Balaban J connectivity index is 1.93. The van der Waals surface area contributed by atoms with Gasteiger partial charge < -0.3 is 9.47 Å². The molecule has 3 aromatic rings. The van der Waals surface area contributed by atoms with Crippen molar-refractivity contribution in [2.45, 2.75) is 13.0 Å². The number of aldehydes is 1. The summed E-state index contributed by atoms with van der Waals surface area (Å²) in [7, 11) is 0. The van der Waals surface area contributed by atoms with Crippen LogP contribution in [0.1, 0.15) is 15.9 Å². The summed E-state index contributed by atoms with van der Waals surface area (Å²) < 4.78 is 47.7. The smallest absolute Gasteiger partial charge is 0.485 e. The number of benzene rings is 3. The molecule has 0 aliphatic rings. The molecule has 0 bridgehead atoms. The number of carbonyl (C=O) groups excluding carboxylic acids is 1. The Labute approximate surface area is 154 Å². The Morgan fingerprint density at radius 2 is 1.56 bits per heavy atom. The molecule has 0 fully saturated rings. The lowest BCUT2D eigenvalue weighted by molar-refractivity contribution is -0.275. The number of hydrogen-bond acceptors (Lipinski definition) is 3. The van der Waals surface area contributed by atoms with Crippen LogP contribution < -0.4 is 9.47 Å². The van der Waals surface area contributed by atoms with Gasteiger partial charge >= 0.3 is 6.36 Å². The first-order chi connectivity index (χ1) is 12.9. The Hall–Kier alpha value is -3.28. The second-order valence-corrected chi connectivity index (χ2v) is 5.73. The monoisotopic (exact) mass is 372 g/mol. The molecule has 0 aromatic heterocycles. The van der Waals surface area contributed by atoms with E-state index >= 15 is 0 Å². The van der Waals surface area contributed by atoms with Crippen molar-refractivity contribution in [1.82, 2.24) is 0 Å². The molecule has 0 atom stereocenters. The van der Waals surface area contributed by atoms with Crippen LogP contribution in [0.2, 0.25) is 0 Å². The molecule has 3 aromatic carbocycles. The summed E-state index contributed by atoms with van der Waals surface area (Å²) in [4.78, 5) is 11.0. The van der Waals surface area contributed by atoms with Crippen LogP contribution in [-0.2, 0) is 6.61 Å². The van der Waals surface area contributed by atoms with E-state index in [4.69, 9.17) is 4.74 Å². The van der Waals surface area contributed by atoms with Gasteiger partial charge in [-0.05, 0) is 34.9 Å². The second kappa shape index (κ2) is 7.95. The quantitative estimate of drug-likeness (QED) is 0.525. The number of rotatable bonds is 6. The summed E-state index contributed by atoms with van der Waals surface area (Å²) in [5.74, 6) is -0.459. The van der Waals surface area contributed by atoms with Crippen LogP contribution >= 0.6 is 0 Å². The molecule has 138 valence electrons. The number of alkyl halides is 3. The highest BCUT2D eigenvalue weighted by Crippen LogP contribution is 2.36. The number of hydrogen-bond donors (Lipinski definition) is 0. The van der Waals surface area contributed by atoms with Crippen molar-refractivity contribution < 1.29 is 27.4 Å². The van der Waals surface area contributed by atoms with E-state index in [1.165, 1.54) is 18.2 Å². The van der Waals surface area contributed by atoms with E-state index < -0.39 is 12.1 Å². The van der Waals surface area contributed by atoms with Gasteiger partial charge in [0.05, 0.1) is 0 Å². The molecule has 0 aliphatic heterocycles. The predicted octanol–water partition coefficient (Wildman–Crippen LogP) is 5.64. The van der Waals surface area contributed by atoms with Crippen molar-refractivity contribution in [2.24, 2.45) is 0 Å². The third-order valence-electron chi connectivity index (χ3n) is 3.76. The fraction of sp³-hybridized carbons (Fsp3) is 0.0952. The minimum Gasteiger partial charge on any atom is -0.485 e. The summed E-state index contributed by atoms with van der Waals surface area (Å²) in [5.41, 5.74) is 2.57. The van der Waals surface area contributed by atoms with Crippen LogP contribution in [0, 0.1) is 0 Å². The summed E-state index contributed by atoms with van der Waals surface area (Å²) >= 11 is 0. The summed E-state index contributed by atoms with van der Waals surface area (Å²) in [5, 5.41) is 0. The molecule has 27 heavy (non-hydrogen) atoms. The third-order valence-corrected chi connectivity index (χ3v) is 3.76. The van der Waals surface area contributed by atoms with Crippen LogP contribution in [-0.4, -0.2) is 12.6 Å². The van der Waals surface area contributed by atoms with Gasteiger partial charge in [-0.25, -0.2) is 0 Å². The van der Waals surface area contributed by atoms with Crippen LogP contribution in [0.25, 0.3) is 11.1 Å². The molecule has 0 saturated heterocycles. The first-order valence-electron chi connectivity index (χ1n) is 8.07. The summed E-state index contributed by atoms with van der Waals surface area (Å²) in [6.07, 6.45) is -4.12. The molecule has 3 nitrogen and oxygen atoms in total. The molecule has 0 heterocycles. The van der Waals surface area contributed by atoms with Crippen molar-refractivity contribution in [3.05, 3.63) is 83.9 Å². The minimum atomic E-state index is -4.83. The maximum atomic E-state index is 12.7. The van der Waals surface area contributed by atoms with Crippen molar-refractivity contribution in [3.8, 4) is 22.6 Å². The minimum absolute atomic E-state index is 0.0369. The normalized spacial score (nSPS) is 11.1. The first kappa shape index (κ1) is 18.5.